The number of aromatic nitrogens is 2. The van der Waals surface area contributed by atoms with E-state index in [2.05, 4.69) is 10.2 Å². The molecule has 1 atom stereocenters. The van der Waals surface area contributed by atoms with E-state index in [1.165, 1.54) is 23.1 Å². The largest absolute Gasteiger partial charge is 0.485 e. The summed E-state index contributed by atoms with van der Waals surface area (Å²) in [6.07, 6.45) is -0.645. The van der Waals surface area contributed by atoms with Crippen molar-refractivity contribution in [3.63, 3.8) is 0 Å². The summed E-state index contributed by atoms with van der Waals surface area (Å²) in [5, 5.41) is 8.86. The highest BCUT2D eigenvalue weighted by molar-refractivity contribution is 8.01. The number of amides is 2. The number of hydrogen-bond donors (Lipinski definition) is 0. The first kappa shape index (κ1) is 19.0. The lowest BCUT2D eigenvalue weighted by Crippen LogP contribution is -2.55. The average Bonchev–Trinajstić information content (AvgIpc) is 3.16. The molecule has 2 amide bonds. The first-order valence-corrected chi connectivity index (χ1v) is 10.8. The van der Waals surface area contributed by atoms with E-state index >= 15 is 0 Å². The van der Waals surface area contributed by atoms with Crippen molar-refractivity contribution in [2.75, 3.05) is 38.5 Å². The zero-order chi connectivity index (χ0) is 19.5. The van der Waals surface area contributed by atoms with Gasteiger partial charge in [-0.25, -0.2) is 0 Å². The number of rotatable bonds is 4. The Morgan fingerprint density at radius 1 is 1.14 bits per heavy atom. The number of nitrogens with zero attached hydrogens (tertiary/aromatic N) is 4. The van der Waals surface area contributed by atoms with Crippen molar-refractivity contribution >= 4 is 34.9 Å². The van der Waals surface area contributed by atoms with E-state index in [4.69, 9.17) is 9.47 Å². The molecular formula is C18H20N4O4S2. The summed E-state index contributed by atoms with van der Waals surface area (Å²) in [5.41, 5.74) is 0. The van der Waals surface area contributed by atoms with Crippen LogP contribution in [0, 0.1) is 6.92 Å². The monoisotopic (exact) mass is 420 g/mol. The van der Waals surface area contributed by atoms with Crippen molar-refractivity contribution in [2.24, 2.45) is 0 Å². The Hall–Kier alpha value is -2.33. The Balaban J connectivity index is 1.26. The molecule has 148 valence electrons. The van der Waals surface area contributed by atoms with Gasteiger partial charge in [-0.05, 0) is 19.1 Å². The summed E-state index contributed by atoms with van der Waals surface area (Å²) >= 11 is 2.89. The summed E-state index contributed by atoms with van der Waals surface area (Å²) in [5.74, 6) is 1.53. The second-order valence-corrected chi connectivity index (χ2v) is 8.85. The zero-order valence-corrected chi connectivity index (χ0v) is 17.0. The average molecular weight is 421 g/mol. The van der Waals surface area contributed by atoms with Crippen LogP contribution in [0.1, 0.15) is 5.01 Å². The predicted octanol–water partition coefficient (Wildman–Crippen LogP) is 1.45. The summed E-state index contributed by atoms with van der Waals surface area (Å²) in [6.45, 7) is 4.12. The van der Waals surface area contributed by atoms with Gasteiger partial charge in [-0.15, -0.1) is 10.2 Å². The number of carbonyl (C=O) groups is 2. The fraction of sp³-hybridized carbons (Fsp3) is 0.444. The van der Waals surface area contributed by atoms with E-state index in [0.29, 0.717) is 43.4 Å². The third-order valence-corrected chi connectivity index (χ3v) is 6.51. The second-order valence-electron chi connectivity index (χ2n) is 6.45. The highest BCUT2D eigenvalue weighted by atomic mass is 32.2. The molecule has 2 aromatic rings. The number of para-hydroxylation sites is 2. The van der Waals surface area contributed by atoms with Gasteiger partial charge < -0.3 is 19.3 Å². The van der Waals surface area contributed by atoms with Crippen LogP contribution in [0.15, 0.2) is 28.6 Å². The van der Waals surface area contributed by atoms with Crippen molar-refractivity contribution < 1.29 is 19.1 Å². The Kier molecular flexibility index (Phi) is 5.67. The summed E-state index contributed by atoms with van der Waals surface area (Å²) in [7, 11) is 0. The molecule has 0 N–H and O–H groups in total. The van der Waals surface area contributed by atoms with E-state index in [0.717, 1.165) is 9.35 Å². The van der Waals surface area contributed by atoms with Crippen LogP contribution in [0.4, 0.5) is 0 Å². The lowest BCUT2D eigenvalue weighted by Gasteiger charge is -2.37. The molecule has 0 radical (unpaired) electrons. The third kappa shape index (κ3) is 4.22. The van der Waals surface area contributed by atoms with E-state index in [1.54, 1.807) is 15.9 Å². The molecule has 0 unspecified atom stereocenters. The van der Waals surface area contributed by atoms with Gasteiger partial charge in [0.1, 0.15) is 11.6 Å². The topological polar surface area (TPSA) is 84.9 Å². The van der Waals surface area contributed by atoms with E-state index < -0.39 is 6.10 Å². The molecule has 1 fully saturated rings. The van der Waals surface area contributed by atoms with Crippen molar-refractivity contribution in [3.05, 3.63) is 29.3 Å². The summed E-state index contributed by atoms with van der Waals surface area (Å²) in [4.78, 5) is 28.7. The molecule has 0 spiro atoms. The Morgan fingerprint density at radius 3 is 2.57 bits per heavy atom. The number of ether oxygens (including phenoxy) is 2. The normalized spacial score (nSPS) is 18.8. The molecule has 2 aliphatic heterocycles. The van der Waals surface area contributed by atoms with Gasteiger partial charge in [-0.1, -0.05) is 35.2 Å². The molecule has 1 saturated heterocycles. The SMILES string of the molecule is Cc1nnc(SCC(=O)N2CCN(C(=O)[C@@H]3COc4ccccc4O3)CC2)s1. The van der Waals surface area contributed by atoms with Crippen LogP contribution in [0.3, 0.4) is 0 Å². The maximum absolute atomic E-state index is 12.8. The minimum Gasteiger partial charge on any atom is -0.485 e. The summed E-state index contributed by atoms with van der Waals surface area (Å²) < 4.78 is 12.2. The molecule has 0 aliphatic carbocycles. The molecule has 1 aromatic heterocycles. The fourth-order valence-electron chi connectivity index (χ4n) is 3.07. The van der Waals surface area contributed by atoms with E-state index in [1.807, 2.05) is 25.1 Å². The van der Waals surface area contributed by atoms with Crippen LogP contribution < -0.4 is 9.47 Å². The number of thioether (sulfide) groups is 1. The Morgan fingerprint density at radius 2 is 1.86 bits per heavy atom. The molecule has 28 heavy (non-hydrogen) atoms. The highest BCUT2D eigenvalue weighted by Gasteiger charge is 2.33. The standard InChI is InChI=1S/C18H20N4O4S2/c1-12-19-20-18(28-12)27-11-16(23)21-6-8-22(9-7-21)17(24)15-10-25-13-4-2-3-5-14(13)26-15/h2-5,15H,6-11H2,1H3/t15-/m0/s1. The smallest absolute Gasteiger partial charge is 0.267 e. The zero-order valence-electron chi connectivity index (χ0n) is 15.4. The van der Waals surface area contributed by atoms with Crippen LogP contribution in [0.2, 0.25) is 0 Å². The molecule has 0 bridgehead atoms. The fourth-order valence-corrected chi connectivity index (χ4v) is 4.79. The van der Waals surface area contributed by atoms with Gasteiger partial charge in [-0.2, -0.15) is 0 Å². The molecule has 3 heterocycles. The quantitative estimate of drug-likeness (QED) is 0.692. The molecule has 1 aromatic carbocycles. The van der Waals surface area contributed by atoms with Crippen molar-refractivity contribution in [1.29, 1.82) is 0 Å². The number of benzene rings is 1. The molecule has 8 nitrogen and oxygen atoms in total. The number of carbonyl (C=O) groups excluding carboxylic acids is 2. The van der Waals surface area contributed by atoms with Crippen molar-refractivity contribution in [2.45, 2.75) is 17.4 Å². The highest BCUT2D eigenvalue weighted by Crippen LogP contribution is 2.31. The lowest BCUT2D eigenvalue weighted by molar-refractivity contribution is -0.145. The van der Waals surface area contributed by atoms with Crippen LogP contribution in [-0.4, -0.2) is 76.5 Å². The van der Waals surface area contributed by atoms with E-state index in [9.17, 15) is 9.59 Å². The van der Waals surface area contributed by atoms with Gasteiger partial charge in [0.15, 0.2) is 15.8 Å². The van der Waals surface area contributed by atoms with Gasteiger partial charge in [0.2, 0.25) is 12.0 Å². The minimum atomic E-state index is -0.645. The van der Waals surface area contributed by atoms with Crippen LogP contribution >= 0.6 is 23.1 Å². The van der Waals surface area contributed by atoms with Gasteiger partial charge >= 0.3 is 0 Å². The number of piperazine rings is 1. The van der Waals surface area contributed by atoms with Gasteiger partial charge in [0.05, 0.1) is 5.75 Å². The third-order valence-electron chi connectivity index (χ3n) is 4.55. The number of aryl methyl sites for hydroxylation is 1. The van der Waals surface area contributed by atoms with Crippen LogP contribution in [0.25, 0.3) is 0 Å². The first-order chi connectivity index (χ1) is 13.6. The maximum atomic E-state index is 12.8. The van der Waals surface area contributed by atoms with Crippen LogP contribution in [-0.2, 0) is 9.59 Å². The summed E-state index contributed by atoms with van der Waals surface area (Å²) in [6, 6.07) is 7.33. The predicted molar refractivity (Wildman–Crippen MR) is 105 cm³/mol. The second kappa shape index (κ2) is 8.36. The van der Waals surface area contributed by atoms with Crippen molar-refractivity contribution in [1.82, 2.24) is 20.0 Å². The minimum absolute atomic E-state index is 0.0520. The van der Waals surface area contributed by atoms with Gasteiger partial charge in [-0.3, -0.25) is 9.59 Å². The van der Waals surface area contributed by atoms with Crippen LogP contribution in [0.5, 0.6) is 11.5 Å². The molecule has 2 aliphatic rings. The van der Waals surface area contributed by atoms with Gasteiger partial charge in [0, 0.05) is 26.2 Å². The molecule has 4 rings (SSSR count). The van der Waals surface area contributed by atoms with Gasteiger partial charge in [0.25, 0.3) is 5.91 Å². The first-order valence-electron chi connectivity index (χ1n) is 8.98. The maximum Gasteiger partial charge on any atom is 0.267 e. The molecule has 10 heteroatoms. The Bertz CT molecular complexity index is 867. The van der Waals surface area contributed by atoms with E-state index in [-0.39, 0.29) is 18.4 Å². The lowest BCUT2D eigenvalue weighted by atomic mass is 10.2. The number of fused-ring (bicyclic) bond motifs is 1. The number of hydrogen-bond acceptors (Lipinski definition) is 8. The molecular weight excluding hydrogens is 400 g/mol. The Labute approximate surface area is 170 Å². The molecule has 0 saturated carbocycles. The van der Waals surface area contributed by atoms with Crippen molar-refractivity contribution in [3.8, 4) is 11.5 Å².